The number of anilines is 1. The van der Waals surface area contributed by atoms with Crippen LogP contribution in [-0.2, 0) is 4.79 Å². The Balaban J connectivity index is 1.88. The molecule has 0 fully saturated rings. The van der Waals surface area contributed by atoms with Crippen LogP contribution in [0, 0.1) is 0 Å². The van der Waals surface area contributed by atoms with Crippen molar-refractivity contribution >= 4 is 17.5 Å². The van der Waals surface area contributed by atoms with Crippen molar-refractivity contribution < 1.29 is 9.59 Å². The second-order valence-electron chi connectivity index (χ2n) is 5.69. The zero-order valence-corrected chi connectivity index (χ0v) is 13.6. The summed E-state index contributed by atoms with van der Waals surface area (Å²) in [7, 11) is 0. The van der Waals surface area contributed by atoms with Gasteiger partial charge >= 0.3 is 0 Å². The highest BCUT2D eigenvalue weighted by Crippen LogP contribution is 2.26. The van der Waals surface area contributed by atoms with Gasteiger partial charge in [-0.05, 0) is 35.4 Å². The number of hydrogen-bond acceptors (Lipinski definition) is 2. The van der Waals surface area contributed by atoms with Crippen LogP contribution in [-0.4, -0.2) is 11.8 Å². The quantitative estimate of drug-likeness (QED) is 0.751. The van der Waals surface area contributed by atoms with Gasteiger partial charge in [-0.1, -0.05) is 60.7 Å². The first-order valence-corrected chi connectivity index (χ1v) is 7.96. The molecule has 4 nitrogen and oxygen atoms in total. The van der Waals surface area contributed by atoms with E-state index in [1.54, 1.807) is 24.3 Å². The van der Waals surface area contributed by atoms with E-state index in [9.17, 15) is 9.59 Å². The summed E-state index contributed by atoms with van der Waals surface area (Å²) in [6.45, 7) is 0. The molecule has 3 aromatic rings. The monoisotopic (exact) mass is 330 g/mol. The zero-order chi connectivity index (χ0) is 17.6. The fraction of sp³-hybridized carbons (Fsp3) is 0.0476. The first kappa shape index (κ1) is 16.5. The van der Waals surface area contributed by atoms with E-state index in [-0.39, 0.29) is 5.91 Å². The third kappa shape index (κ3) is 3.93. The SMILES string of the molecule is NC(=O)c1ccc(NC(=O)C(c2ccccc2)c2ccccc2)cc1. The number of primary amides is 1. The Hall–Kier alpha value is -3.40. The molecule has 124 valence electrons. The van der Waals surface area contributed by atoms with Gasteiger partial charge in [0.1, 0.15) is 0 Å². The van der Waals surface area contributed by atoms with Crippen molar-refractivity contribution in [2.45, 2.75) is 5.92 Å². The minimum absolute atomic E-state index is 0.135. The maximum Gasteiger partial charge on any atom is 0.248 e. The van der Waals surface area contributed by atoms with E-state index in [4.69, 9.17) is 5.73 Å². The lowest BCUT2D eigenvalue weighted by Gasteiger charge is -2.18. The van der Waals surface area contributed by atoms with E-state index in [0.717, 1.165) is 11.1 Å². The van der Waals surface area contributed by atoms with Gasteiger partial charge in [0.2, 0.25) is 11.8 Å². The Bertz CT molecular complexity index is 820. The first-order chi connectivity index (χ1) is 12.1. The molecule has 2 amide bonds. The molecule has 0 spiro atoms. The lowest BCUT2D eigenvalue weighted by molar-refractivity contribution is -0.116. The van der Waals surface area contributed by atoms with Gasteiger partial charge in [-0.25, -0.2) is 0 Å². The molecular formula is C21H18N2O2. The summed E-state index contributed by atoms with van der Waals surface area (Å²) in [5.74, 6) is -1.05. The lowest BCUT2D eigenvalue weighted by Crippen LogP contribution is -2.22. The van der Waals surface area contributed by atoms with E-state index in [2.05, 4.69) is 5.32 Å². The normalized spacial score (nSPS) is 10.4. The molecule has 4 heteroatoms. The van der Waals surface area contributed by atoms with Crippen molar-refractivity contribution in [3.05, 3.63) is 102 Å². The summed E-state index contributed by atoms with van der Waals surface area (Å²) < 4.78 is 0. The molecule has 0 aliphatic carbocycles. The maximum absolute atomic E-state index is 12.9. The van der Waals surface area contributed by atoms with E-state index < -0.39 is 11.8 Å². The Morgan fingerprint density at radius 1 is 0.720 bits per heavy atom. The van der Waals surface area contributed by atoms with Crippen LogP contribution in [0.15, 0.2) is 84.9 Å². The molecular weight excluding hydrogens is 312 g/mol. The second-order valence-corrected chi connectivity index (χ2v) is 5.69. The molecule has 3 aromatic carbocycles. The molecule has 3 N–H and O–H groups in total. The van der Waals surface area contributed by atoms with Gasteiger partial charge in [-0.15, -0.1) is 0 Å². The average Bonchev–Trinajstić information content (AvgIpc) is 2.64. The summed E-state index contributed by atoms with van der Waals surface area (Å²) in [6, 6.07) is 25.8. The third-order valence-electron chi connectivity index (χ3n) is 3.96. The Morgan fingerprint density at radius 3 is 1.64 bits per heavy atom. The lowest BCUT2D eigenvalue weighted by atomic mass is 9.90. The van der Waals surface area contributed by atoms with Crippen molar-refractivity contribution in [3.63, 3.8) is 0 Å². The van der Waals surface area contributed by atoms with Crippen molar-refractivity contribution in [1.82, 2.24) is 0 Å². The number of nitrogens with two attached hydrogens (primary N) is 1. The van der Waals surface area contributed by atoms with Gasteiger partial charge < -0.3 is 11.1 Å². The first-order valence-electron chi connectivity index (χ1n) is 7.96. The Kier molecular flexibility index (Phi) is 4.90. The highest BCUT2D eigenvalue weighted by Gasteiger charge is 2.22. The Morgan fingerprint density at radius 2 is 1.20 bits per heavy atom. The molecule has 0 heterocycles. The molecule has 3 rings (SSSR count). The molecule has 25 heavy (non-hydrogen) atoms. The molecule has 0 saturated heterocycles. The zero-order valence-electron chi connectivity index (χ0n) is 13.6. The molecule has 0 aliphatic rings. The van der Waals surface area contributed by atoms with Crippen molar-refractivity contribution in [2.75, 3.05) is 5.32 Å². The standard InChI is InChI=1S/C21H18N2O2/c22-20(24)17-11-13-18(14-12-17)23-21(25)19(15-7-3-1-4-8-15)16-9-5-2-6-10-16/h1-14,19H,(H2,22,24)(H,23,25). The smallest absolute Gasteiger partial charge is 0.248 e. The minimum Gasteiger partial charge on any atom is -0.366 e. The predicted molar refractivity (Wildman–Crippen MR) is 98.3 cm³/mol. The summed E-state index contributed by atoms with van der Waals surface area (Å²) >= 11 is 0. The van der Waals surface area contributed by atoms with E-state index >= 15 is 0 Å². The van der Waals surface area contributed by atoms with Gasteiger partial charge in [0, 0.05) is 11.3 Å². The second kappa shape index (κ2) is 7.45. The van der Waals surface area contributed by atoms with Crippen molar-refractivity contribution in [1.29, 1.82) is 0 Å². The number of benzene rings is 3. The van der Waals surface area contributed by atoms with Gasteiger partial charge in [0.25, 0.3) is 0 Å². The molecule has 0 unspecified atom stereocenters. The molecule has 0 bridgehead atoms. The van der Waals surface area contributed by atoms with Crippen LogP contribution in [0.2, 0.25) is 0 Å². The van der Waals surface area contributed by atoms with Crippen LogP contribution in [0.25, 0.3) is 0 Å². The summed E-state index contributed by atoms with van der Waals surface area (Å²) in [6.07, 6.45) is 0. The third-order valence-corrected chi connectivity index (χ3v) is 3.96. The van der Waals surface area contributed by atoms with Crippen LogP contribution in [0.5, 0.6) is 0 Å². The average molecular weight is 330 g/mol. The van der Waals surface area contributed by atoms with Gasteiger partial charge in [-0.2, -0.15) is 0 Å². The van der Waals surface area contributed by atoms with Crippen LogP contribution in [0.4, 0.5) is 5.69 Å². The molecule has 0 atom stereocenters. The molecule has 0 aromatic heterocycles. The van der Waals surface area contributed by atoms with Crippen molar-refractivity contribution in [2.24, 2.45) is 5.73 Å². The van der Waals surface area contributed by atoms with E-state index in [0.29, 0.717) is 11.3 Å². The van der Waals surface area contributed by atoms with Gasteiger partial charge in [0.15, 0.2) is 0 Å². The van der Waals surface area contributed by atoms with Crippen LogP contribution >= 0.6 is 0 Å². The predicted octanol–water partition coefficient (Wildman–Crippen LogP) is 3.56. The van der Waals surface area contributed by atoms with Gasteiger partial charge in [-0.3, -0.25) is 9.59 Å². The number of nitrogens with one attached hydrogen (secondary N) is 1. The van der Waals surface area contributed by atoms with Crippen LogP contribution in [0.1, 0.15) is 27.4 Å². The van der Waals surface area contributed by atoms with Crippen LogP contribution in [0.3, 0.4) is 0 Å². The number of rotatable bonds is 5. The summed E-state index contributed by atoms with van der Waals surface area (Å²) in [5, 5.41) is 2.91. The fourth-order valence-corrected chi connectivity index (χ4v) is 2.72. The van der Waals surface area contributed by atoms with Gasteiger partial charge in [0.05, 0.1) is 5.92 Å². The Labute approximate surface area is 146 Å². The molecule has 0 radical (unpaired) electrons. The molecule has 0 saturated carbocycles. The summed E-state index contributed by atoms with van der Waals surface area (Å²) in [4.78, 5) is 24.1. The summed E-state index contributed by atoms with van der Waals surface area (Å²) in [5.41, 5.74) is 8.09. The number of carbonyl (C=O) groups excluding carboxylic acids is 2. The highest BCUT2D eigenvalue weighted by molar-refractivity contribution is 5.99. The number of hydrogen-bond donors (Lipinski definition) is 2. The number of amides is 2. The number of carbonyl (C=O) groups is 2. The van der Waals surface area contributed by atoms with Crippen LogP contribution < -0.4 is 11.1 Å². The topological polar surface area (TPSA) is 72.2 Å². The highest BCUT2D eigenvalue weighted by atomic mass is 16.2. The van der Waals surface area contributed by atoms with E-state index in [1.165, 1.54) is 0 Å². The largest absolute Gasteiger partial charge is 0.366 e. The fourth-order valence-electron chi connectivity index (χ4n) is 2.72. The van der Waals surface area contributed by atoms with Crippen molar-refractivity contribution in [3.8, 4) is 0 Å². The maximum atomic E-state index is 12.9. The minimum atomic E-state index is -0.496. The molecule has 0 aliphatic heterocycles. The van der Waals surface area contributed by atoms with E-state index in [1.807, 2.05) is 60.7 Å².